The minimum Gasteiger partial charge on any atom is -0.490 e. The minimum absolute atomic E-state index is 0.208. The van der Waals surface area contributed by atoms with Crippen LogP contribution in [0.3, 0.4) is 0 Å². The van der Waals surface area contributed by atoms with Crippen LogP contribution in [0.5, 0.6) is 11.5 Å². The van der Waals surface area contributed by atoms with Crippen molar-refractivity contribution in [2.75, 3.05) is 6.61 Å². The van der Waals surface area contributed by atoms with Crippen LogP contribution in [0.4, 0.5) is 13.2 Å². The van der Waals surface area contributed by atoms with Crippen LogP contribution < -0.4 is 9.47 Å². The first-order chi connectivity index (χ1) is 12.7. The standard InChI is InChI=1S/C19H18BrF3O4/c1-12(26-17-9-5-15(6-10-17)19(21,22)23)11-25-16-7-3-14(4-8-16)13(2)18(24)27-20/h3-10,12-13H,11H2,1-2H3. The Morgan fingerprint density at radius 1 is 1.00 bits per heavy atom. The molecule has 2 atom stereocenters. The summed E-state index contributed by atoms with van der Waals surface area (Å²) in [7, 11) is 0. The molecule has 0 N–H and O–H groups in total. The second kappa shape index (κ2) is 9.12. The predicted molar refractivity (Wildman–Crippen MR) is 96.9 cm³/mol. The molecule has 0 amide bonds. The lowest BCUT2D eigenvalue weighted by molar-refractivity contribution is -0.137. The van der Waals surface area contributed by atoms with Crippen LogP contribution in [0.25, 0.3) is 0 Å². The number of ether oxygens (including phenoxy) is 2. The van der Waals surface area contributed by atoms with E-state index in [1.54, 1.807) is 38.1 Å². The molecular weight excluding hydrogens is 429 g/mol. The van der Waals surface area contributed by atoms with Gasteiger partial charge in [-0.2, -0.15) is 13.2 Å². The average molecular weight is 447 g/mol. The van der Waals surface area contributed by atoms with Crippen LogP contribution in [0.2, 0.25) is 0 Å². The molecule has 0 aliphatic carbocycles. The Kier molecular flexibility index (Phi) is 7.12. The van der Waals surface area contributed by atoms with Crippen LogP contribution >= 0.6 is 16.3 Å². The lowest BCUT2D eigenvalue weighted by Crippen LogP contribution is -2.21. The summed E-state index contributed by atoms with van der Waals surface area (Å²) in [5.74, 6) is 0.0974. The van der Waals surface area contributed by atoms with E-state index in [9.17, 15) is 18.0 Å². The van der Waals surface area contributed by atoms with Gasteiger partial charge in [0.1, 0.15) is 24.2 Å². The van der Waals surface area contributed by atoms with Crippen molar-refractivity contribution in [1.29, 1.82) is 0 Å². The molecular formula is C19H18BrF3O4. The SMILES string of the molecule is CC(COc1ccc(C(C)C(=O)OBr)cc1)Oc1ccc(C(F)(F)F)cc1. The maximum atomic E-state index is 12.5. The number of rotatable bonds is 7. The molecule has 0 fully saturated rings. The molecule has 4 nitrogen and oxygen atoms in total. The van der Waals surface area contributed by atoms with E-state index in [1.807, 2.05) is 0 Å². The van der Waals surface area contributed by atoms with Crippen molar-refractivity contribution in [2.24, 2.45) is 0 Å². The van der Waals surface area contributed by atoms with Gasteiger partial charge in [0.05, 0.1) is 11.5 Å². The van der Waals surface area contributed by atoms with E-state index in [0.717, 1.165) is 17.7 Å². The minimum atomic E-state index is -4.37. The van der Waals surface area contributed by atoms with Crippen molar-refractivity contribution in [2.45, 2.75) is 32.0 Å². The molecule has 0 heterocycles. The fourth-order valence-corrected chi connectivity index (χ4v) is 2.54. The molecule has 2 rings (SSSR count). The van der Waals surface area contributed by atoms with Crippen molar-refractivity contribution >= 4 is 22.2 Å². The highest BCUT2D eigenvalue weighted by Gasteiger charge is 2.30. The Morgan fingerprint density at radius 3 is 2.07 bits per heavy atom. The van der Waals surface area contributed by atoms with Gasteiger partial charge in [0.2, 0.25) is 0 Å². The molecule has 0 aliphatic rings. The molecule has 2 aromatic carbocycles. The van der Waals surface area contributed by atoms with Crippen LogP contribution in [-0.2, 0) is 14.8 Å². The number of alkyl halides is 3. The van der Waals surface area contributed by atoms with Crippen molar-refractivity contribution in [3.63, 3.8) is 0 Å². The first-order valence-corrected chi connectivity index (χ1v) is 8.74. The summed E-state index contributed by atoms with van der Waals surface area (Å²) in [5, 5.41) is 0. The summed E-state index contributed by atoms with van der Waals surface area (Å²) < 4.78 is 53.3. The number of hydrogen-bond donors (Lipinski definition) is 0. The molecule has 0 saturated carbocycles. The summed E-state index contributed by atoms with van der Waals surface area (Å²) in [4.78, 5) is 11.5. The number of halogens is 4. The van der Waals surface area contributed by atoms with Crippen LogP contribution in [0.1, 0.15) is 30.9 Å². The van der Waals surface area contributed by atoms with E-state index in [0.29, 0.717) is 11.5 Å². The summed E-state index contributed by atoms with van der Waals surface area (Å²) in [6.45, 7) is 3.68. The van der Waals surface area contributed by atoms with Gasteiger partial charge in [-0.25, -0.2) is 0 Å². The Labute approximate surface area is 163 Å². The van der Waals surface area contributed by atoms with Gasteiger partial charge in [-0.05, 0) is 55.8 Å². The van der Waals surface area contributed by atoms with E-state index in [-0.39, 0.29) is 12.7 Å². The molecule has 146 valence electrons. The van der Waals surface area contributed by atoms with Gasteiger partial charge in [0, 0.05) is 0 Å². The van der Waals surface area contributed by atoms with E-state index in [4.69, 9.17) is 9.47 Å². The first-order valence-electron chi connectivity index (χ1n) is 8.10. The fourth-order valence-electron chi connectivity index (χ4n) is 2.26. The van der Waals surface area contributed by atoms with E-state index < -0.39 is 23.6 Å². The zero-order valence-electron chi connectivity index (χ0n) is 14.6. The maximum Gasteiger partial charge on any atom is 0.416 e. The molecule has 0 radical (unpaired) electrons. The average Bonchev–Trinajstić information content (AvgIpc) is 2.65. The molecule has 0 aromatic heterocycles. The monoisotopic (exact) mass is 446 g/mol. The lowest BCUT2D eigenvalue weighted by Gasteiger charge is -2.16. The zero-order chi connectivity index (χ0) is 20.0. The molecule has 2 aromatic rings. The quantitative estimate of drug-likeness (QED) is 0.562. The second-order valence-corrected chi connectivity index (χ2v) is 6.27. The highest BCUT2D eigenvalue weighted by atomic mass is 79.9. The third-order valence-corrected chi connectivity index (χ3v) is 4.13. The maximum absolute atomic E-state index is 12.5. The summed E-state index contributed by atoms with van der Waals surface area (Å²) >= 11 is 2.66. The topological polar surface area (TPSA) is 44.8 Å². The highest BCUT2D eigenvalue weighted by molar-refractivity contribution is 9.06. The molecule has 0 spiro atoms. The third-order valence-electron chi connectivity index (χ3n) is 3.81. The smallest absolute Gasteiger partial charge is 0.416 e. The van der Waals surface area contributed by atoms with Gasteiger partial charge in [-0.1, -0.05) is 12.1 Å². The van der Waals surface area contributed by atoms with E-state index >= 15 is 0 Å². The summed E-state index contributed by atoms with van der Waals surface area (Å²) in [6.07, 6.45) is -4.74. The Hall–Kier alpha value is -2.22. The Bertz CT molecular complexity index is 745. The number of carbonyl (C=O) groups excluding carboxylic acids is 1. The first kappa shape index (κ1) is 21.1. The van der Waals surface area contributed by atoms with Crippen molar-refractivity contribution < 1.29 is 31.3 Å². The molecule has 2 unspecified atom stereocenters. The van der Waals surface area contributed by atoms with E-state index in [1.165, 1.54) is 12.1 Å². The van der Waals surface area contributed by atoms with E-state index in [2.05, 4.69) is 20.1 Å². The highest BCUT2D eigenvalue weighted by Crippen LogP contribution is 2.30. The third kappa shape index (κ3) is 6.16. The normalized spacial score (nSPS) is 13.6. The van der Waals surface area contributed by atoms with Gasteiger partial charge in [-0.15, -0.1) is 0 Å². The van der Waals surface area contributed by atoms with Crippen LogP contribution in [0.15, 0.2) is 48.5 Å². The fraction of sp³-hybridized carbons (Fsp3) is 0.316. The predicted octanol–water partition coefficient (Wildman–Crippen LogP) is 5.51. The Balaban J connectivity index is 1.86. The zero-order valence-corrected chi connectivity index (χ0v) is 16.2. The number of carbonyl (C=O) groups is 1. The van der Waals surface area contributed by atoms with Crippen molar-refractivity contribution in [3.8, 4) is 11.5 Å². The van der Waals surface area contributed by atoms with Gasteiger partial charge < -0.3 is 13.3 Å². The van der Waals surface area contributed by atoms with Gasteiger partial charge >= 0.3 is 12.1 Å². The summed E-state index contributed by atoms with van der Waals surface area (Å²) in [5.41, 5.74) is 0.0534. The molecule has 0 aliphatic heterocycles. The molecule has 27 heavy (non-hydrogen) atoms. The molecule has 0 saturated heterocycles. The molecule has 8 heteroatoms. The largest absolute Gasteiger partial charge is 0.490 e. The second-order valence-electron chi connectivity index (χ2n) is 5.95. The molecule has 0 bridgehead atoms. The van der Waals surface area contributed by atoms with Gasteiger partial charge in [0.15, 0.2) is 16.3 Å². The van der Waals surface area contributed by atoms with Crippen molar-refractivity contribution in [3.05, 3.63) is 59.7 Å². The van der Waals surface area contributed by atoms with Crippen LogP contribution in [0, 0.1) is 0 Å². The van der Waals surface area contributed by atoms with Gasteiger partial charge in [-0.3, -0.25) is 4.79 Å². The van der Waals surface area contributed by atoms with Crippen molar-refractivity contribution in [1.82, 2.24) is 0 Å². The Morgan fingerprint density at radius 2 is 1.56 bits per heavy atom. The number of hydrogen-bond acceptors (Lipinski definition) is 4. The lowest BCUT2D eigenvalue weighted by atomic mass is 10.0. The summed E-state index contributed by atoms with van der Waals surface area (Å²) in [6, 6.07) is 11.4. The van der Waals surface area contributed by atoms with Gasteiger partial charge in [0.25, 0.3) is 0 Å². The number of benzene rings is 2. The van der Waals surface area contributed by atoms with Crippen LogP contribution in [-0.4, -0.2) is 18.7 Å².